The first-order valence-electron chi connectivity index (χ1n) is 5.05. The van der Waals surface area contributed by atoms with Gasteiger partial charge in [0.1, 0.15) is 5.82 Å². The first-order chi connectivity index (χ1) is 7.29. The van der Waals surface area contributed by atoms with E-state index < -0.39 is 23.4 Å². The molecule has 4 heteroatoms. The fourth-order valence-corrected chi connectivity index (χ4v) is 1.23. The molecule has 0 aromatic heterocycles. The fraction of sp³-hybridized carbons (Fsp3) is 0.417. The molecule has 1 aromatic carbocycles. The minimum atomic E-state index is -1.26. The summed E-state index contributed by atoms with van der Waals surface area (Å²) < 4.78 is 12.6. The predicted molar refractivity (Wildman–Crippen MR) is 59.3 cm³/mol. The second kappa shape index (κ2) is 4.61. The van der Waals surface area contributed by atoms with Crippen molar-refractivity contribution in [1.82, 2.24) is 5.32 Å². The molecule has 0 radical (unpaired) electrons. The molecule has 1 amide bonds. The van der Waals surface area contributed by atoms with E-state index in [1.807, 2.05) is 20.8 Å². The first-order valence-corrected chi connectivity index (χ1v) is 5.05. The highest BCUT2D eigenvalue weighted by Crippen LogP contribution is 2.14. The van der Waals surface area contributed by atoms with E-state index in [1.54, 1.807) is 0 Å². The average Bonchev–Trinajstić information content (AvgIpc) is 2.15. The molecule has 1 aromatic rings. The van der Waals surface area contributed by atoms with Crippen LogP contribution in [0, 0.1) is 5.82 Å². The second-order valence-corrected chi connectivity index (χ2v) is 4.69. The van der Waals surface area contributed by atoms with Crippen molar-refractivity contribution in [2.45, 2.75) is 32.4 Å². The van der Waals surface area contributed by atoms with Gasteiger partial charge in [-0.05, 0) is 38.5 Å². The van der Waals surface area contributed by atoms with E-state index in [0.29, 0.717) is 5.56 Å². The van der Waals surface area contributed by atoms with Crippen LogP contribution in [0.5, 0.6) is 0 Å². The van der Waals surface area contributed by atoms with Gasteiger partial charge in [0.05, 0.1) is 0 Å². The minimum Gasteiger partial charge on any atom is -0.378 e. The van der Waals surface area contributed by atoms with E-state index >= 15 is 0 Å². The zero-order valence-electron chi connectivity index (χ0n) is 9.62. The average molecular weight is 225 g/mol. The molecule has 0 aliphatic carbocycles. The lowest BCUT2D eigenvalue weighted by molar-refractivity contribution is -0.131. The minimum absolute atomic E-state index is 0.378. The van der Waals surface area contributed by atoms with Gasteiger partial charge in [-0.15, -0.1) is 0 Å². The van der Waals surface area contributed by atoms with E-state index in [0.717, 1.165) is 0 Å². The molecule has 0 saturated carbocycles. The summed E-state index contributed by atoms with van der Waals surface area (Å²) in [6, 6.07) is 5.20. The Kier molecular flexibility index (Phi) is 3.65. The highest BCUT2D eigenvalue weighted by Gasteiger charge is 2.21. The number of carbonyl (C=O) groups is 1. The van der Waals surface area contributed by atoms with Crippen LogP contribution in [0.15, 0.2) is 24.3 Å². The van der Waals surface area contributed by atoms with Crippen LogP contribution < -0.4 is 5.32 Å². The number of hydrogen-bond acceptors (Lipinski definition) is 2. The lowest BCUT2D eigenvalue weighted by Crippen LogP contribution is -2.43. The highest BCUT2D eigenvalue weighted by atomic mass is 19.1. The monoisotopic (exact) mass is 225 g/mol. The number of nitrogens with one attached hydrogen (secondary N) is 1. The van der Waals surface area contributed by atoms with Gasteiger partial charge < -0.3 is 10.4 Å². The van der Waals surface area contributed by atoms with Gasteiger partial charge in [0.25, 0.3) is 5.91 Å². The Labute approximate surface area is 94.3 Å². The van der Waals surface area contributed by atoms with Crippen molar-refractivity contribution >= 4 is 5.91 Å². The molecule has 1 atom stereocenters. The van der Waals surface area contributed by atoms with Crippen molar-refractivity contribution in [3.63, 3.8) is 0 Å². The third-order valence-electron chi connectivity index (χ3n) is 1.93. The van der Waals surface area contributed by atoms with Gasteiger partial charge in [-0.25, -0.2) is 4.39 Å². The summed E-state index contributed by atoms with van der Waals surface area (Å²) in [4.78, 5) is 11.6. The van der Waals surface area contributed by atoms with Crippen LogP contribution in [0.3, 0.4) is 0 Å². The number of amides is 1. The zero-order chi connectivity index (χ0) is 12.3. The van der Waals surface area contributed by atoms with Crippen LogP contribution in [0.1, 0.15) is 32.4 Å². The second-order valence-electron chi connectivity index (χ2n) is 4.69. The number of benzene rings is 1. The Morgan fingerprint density at radius 3 is 2.25 bits per heavy atom. The molecule has 0 saturated heterocycles. The molecule has 88 valence electrons. The predicted octanol–water partition coefficient (Wildman–Crippen LogP) is 1.77. The van der Waals surface area contributed by atoms with Gasteiger partial charge in [0.15, 0.2) is 6.10 Å². The maximum Gasteiger partial charge on any atom is 0.253 e. The first kappa shape index (κ1) is 12.6. The molecule has 0 aliphatic rings. The van der Waals surface area contributed by atoms with E-state index in [1.165, 1.54) is 24.3 Å². The van der Waals surface area contributed by atoms with Crippen LogP contribution in [-0.4, -0.2) is 16.6 Å². The Morgan fingerprint density at radius 1 is 1.31 bits per heavy atom. The van der Waals surface area contributed by atoms with Crippen LogP contribution in [0.2, 0.25) is 0 Å². The molecule has 16 heavy (non-hydrogen) atoms. The summed E-state index contributed by atoms with van der Waals surface area (Å²) in [6.45, 7) is 5.47. The SMILES string of the molecule is CC(C)(C)NC(=O)C(O)c1ccc(F)cc1. The summed E-state index contributed by atoms with van der Waals surface area (Å²) in [5.41, 5.74) is -0.0268. The number of rotatable bonds is 2. The van der Waals surface area contributed by atoms with Crippen LogP contribution in [0.4, 0.5) is 4.39 Å². The van der Waals surface area contributed by atoms with Crippen molar-refractivity contribution < 1.29 is 14.3 Å². The normalized spacial score (nSPS) is 13.3. The number of hydrogen-bond donors (Lipinski definition) is 2. The Morgan fingerprint density at radius 2 is 1.81 bits per heavy atom. The maximum absolute atomic E-state index is 12.6. The molecule has 0 bridgehead atoms. The number of aliphatic hydroxyl groups is 1. The third kappa shape index (κ3) is 3.62. The Balaban J connectivity index is 2.74. The van der Waals surface area contributed by atoms with Gasteiger partial charge in [0, 0.05) is 5.54 Å². The van der Waals surface area contributed by atoms with E-state index in [9.17, 15) is 14.3 Å². The molecule has 0 heterocycles. The quantitative estimate of drug-likeness (QED) is 0.806. The van der Waals surface area contributed by atoms with Crippen molar-refractivity contribution in [2.24, 2.45) is 0 Å². The molecule has 0 spiro atoms. The van der Waals surface area contributed by atoms with Crippen molar-refractivity contribution in [2.75, 3.05) is 0 Å². The number of aliphatic hydroxyl groups excluding tert-OH is 1. The van der Waals surface area contributed by atoms with Crippen molar-refractivity contribution in [1.29, 1.82) is 0 Å². The van der Waals surface area contributed by atoms with E-state index in [-0.39, 0.29) is 0 Å². The van der Waals surface area contributed by atoms with Gasteiger partial charge in [0.2, 0.25) is 0 Å². The lowest BCUT2D eigenvalue weighted by atomic mass is 10.1. The standard InChI is InChI=1S/C12H16FNO2/c1-12(2,3)14-11(16)10(15)8-4-6-9(13)7-5-8/h4-7,10,15H,1-3H3,(H,14,16). The smallest absolute Gasteiger partial charge is 0.253 e. The third-order valence-corrected chi connectivity index (χ3v) is 1.93. The summed E-state index contributed by atoms with van der Waals surface area (Å²) >= 11 is 0. The molecular formula is C12H16FNO2. The molecule has 1 rings (SSSR count). The van der Waals surface area contributed by atoms with Crippen LogP contribution in [0.25, 0.3) is 0 Å². The van der Waals surface area contributed by atoms with Crippen LogP contribution in [-0.2, 0) is 4.79 Å². The number of halogens is 1. The summed E-state index contributed by atoms with van der Waals surface area (Å²) in [5.74, 6) is -0.883. The van der Waals surface area contributed by atoms with E-state index in [2.05, 4.69) is 5.32 Å². The molecule has 0 aliphatic heterocycles. The summed E-state index contributed by atoms with van der Waals surface area (Å²) in [6.07, 6.45) is -1.26. The molecule has 2 N–H and O–H groups in total. The zero-order valence-corrected chi connectivity index (χ0v) is 9.62. The van der Waals surface area contributed by atoms with E-state index in [4.69, 9.17) is 0 Å². The number of carbonyl (C=O) groups excluding carboxylic acids is 1. The highest BCUT2D eigenvalue weighted by molar-refractivity contribution is 5.82. The van der Waals surface area contributed by atoms with Crippen molar-refractivity contribution in [3.05, 3.63) is 35.6 Å². The molecule has 0 fully saturated rings. The van der Waals surface area contributed by atoms with Gasteiger partial charge in [-0.3, -0.25) is 4.79 Å². The summed E-state index contributed by atoms with van der Waals surface area (Å²) in [5, 5.41) is 12.4. The molecular weight excluding hydrogens is 209 g/mol. The molecule has 1 unspecified atom stereocenters. The van der Waals surface area contributed by atoms with Gasteiger partial charge >= 0.3 is 0 Å². The lowest BCUT2D eigenvalue weighted by Gasteiger charge is -2.22. The van der Waals surface area contributed by atoms with Crippen LogP contribution >= 0.6 is 0 Å². The largest absolute Gasteiger partial charge is 0.378 e. The fourth-order valence-electron chi connectivity index (χ4n) is 1.23. The van der Waals surface area contributed by atoms with Gasteiger partial charge in [-0.1, -0.05) is 12.1 Å². The summed E-state index contributed by atoms with van der Waals surface area (Å²) in [7, 11) is 0. The van der Waals surface area contributed by atoms with Crippen molar-refractivity contribution in [3.8, 4) is 0 Å². The topological polar surface area (TPSA) is 49.3 Å². The van der Waals surface area contributed by atoms with Gasteiger partial charge in [-0.2, -0.15) is 0 Å². The maximum atomic E-state index is 12.6. The Hall–Kier alpha value is -1.42. The Bertz CT molecular complexity index is 368. The molecule has 3 nitrogen and oxygen atoms in total.